The molecule has 0 radical (unpaired) electrons. The molecule has 0 aliphatic heterocycles. The van der Waals surface area contributed by atoms with Gasteiger partial charge in [0.05, 0.1) is 25.4 Å². The van der Waals surface area contributed by atoms with E-state index in [-0.39, 0.29) is 18.5 Å². The molecule has 560 valence electrons. The quantitative estimate of drug-likeness (QED) is 0.0320. The Balaban J connectivity index is 3.32. The van der Waals surface area contributed by atoms with E-state index in [0.717, 1.165) is 38.5 Å². The van der Waals surface area contributed by atoms with Crippen LogP contribution >= 0.6 is 0 Å². The van der Waals surface area contributed by atoms with Crippen molar-refractivity contribution in [1.82, 2.24) is 5.32 Å². The molecule has 0 spiro atoms. The summed E-state index contributed by atoms with van der Waals surface area (Å²) in [5, 5.41) is 23.5. The zero-order valence-electron chi connectivity index (χ0n) is 64.5. The van der Waals surface area contributed by atoms with Crippen molar-refractivity contribution in [2.75, 3.05) is 13.2 Å². The van der Waals surface area contributed by atoms with Crippen LogP contribution in [0, 0.1) is 0 Å². The number of rotatable bonds is 84. The molecular weight excluding hydrogens is 1150 g/mol. The van der Waals surface area contributed by atoms with Crippen LogP contribution in [0.15, 0.2) is 12.2 Å². The van der Waals surface area contributed by atoms with Crippen molar-refractivity contribution in [2.24, 2.45) is 0 Å². The average Bonchev–Trinajstić information content (AvgIpc) is 3.78. The van der Waals surface area contributed by atoms with Gasteiger partial charge in [0.2, 0.25) is 5.91 Å². The van der Waals surface area contributed by atoms with Gasteiger partial charge in [-0.15, -0.1) is 0 Å². The van der Waals surface area contributed by atoms with E-state index in [1.165, 1.54) is 443 Å². The largest absolute Gasteiger partial charge is 0.466 e. The van der Waals surface area contributed by atoms with Crippen molar-refractivity contribution in [3.05, 3.63) is 12.2 Å². The van der Waals surface area contributed by atoms with Crippen molar-refractivity contribution in [3.8, 4) is 0 Å². The van der Waals surface area contributed by atoms with E-state index < -0.39 is 12.1 Å². The number of carbonyl (C=O) groups excluding carboxylic acids is 2. The number of aliphatic hydroxyl groups excluding tert-OH is 2. The van der Waals surface area contributed by atoms with Crippen LogP contribution in [0.1, 0.15) is 515 Å². The number of carbonyl (C=O) groups is 2. The van der Waals surface area contributed by atoms with Gasteiger partial charge < -0.3 is 20.3 Å². The van der Waals surface area contributed by atoms with Crippen LogP contribution in [-0.2, 0) is 14.3 Å². The first-order valence-electron chi connectivity index (χ1n) is 43.9. The smallest absolute Gasteiger partial charge is 0.305 e. The van der Waals surface area contributed by atoms with Crippen molar-refractivity contribution in [1.29, 1.82) is 0 Å². The van der Waals surface area contributed by atoms with Crippen LogP contribution in [0.25, 0.3) is 0 Å². The molecule has 6 nitrogen and oxygen atoms in total. The Labute approximate surface area is 590 Å². The minimum atomic E-state index is -0.662. The lowest BCUT2D eigenvalue weighted by Crippen LogP contribution is -2.45. The normalized spacial score (nSPS) is 12.4. The third kappa shape index (κ3) is 79.6. The molecule has 0 aromatic heterocycles. The summed E-state index contributed by atoms with van der Waals surface area (Å²) in [6.07, 6.45) is 108. The number of hydrogen-bond donors (Lipinski definition) is 3. The molecule has 0 rings (SSSR count). The van der Waals surface area contributed by atoms with Crippen LogP contribution in [-0.4, -0.2) is 47.4 Å². The number of allylic oxidation sites excluding steroid dienone is 2. The van der Waals surface area contributed by atoms with Crippen LogP contribution in [0.3, 0.4) is 0 Å². The fourth-order valence-corrected chi connectivity index (χ4v) is 14.4. The van der Waals surface area contributed by atoms with Gasteiger partial charge in [0.1, 0.15) is 0 Å². The lowest BCUT2D eigenvalue weighted by Gasteiger charge is -2.22. The van der Waals surface area contributed by atoms with E-state index in [1.807, 2.05) is 0 Å². The molecule has 0 heterocycles. The van der Waals surface area contributed by atoms with E-state index >= 15 is 0 Å². The Hall–Kier alpha value is -1.40. The lowest BCUT2D eigenvalue weighted by molar-refractivity contribution is -0.143. The highest BCUT2D eigenvalue weighted by molar-refractivity contribution is 5.76. The third-order valence-corrected chi connectivity index (χ3v) is 21.1. The zero-order valence-corrected chi connectivity index (χ0v) is 64.5. The molecule has 2 atom stereocenters. The fraction of sp³-hybridized carbons (Fsp3) is 0.955. The molecule has 0 saturated heterocycles. The highest BCUT2D eigenvalue weighted by Gasteiger charge is 2.20. The van der Waals surface area contributed by atoms with E-state index in [4.69, 9.17) is 4.74 Å². The molecule has 0 fully saturated rings. The molecule has 0 saturated carbocycles. The zero-order chi connectivity index (χ0) is 67.7. The van der Waals surface area contributed by atoms with Crippen LogP contribution < -0.4 is 5.32 Å². The second kappa shape index (κ2) is 84.0. The van der Waals surface area contributed by atoms with E-state index in [2.05, 4.69) is 31.3 Å². The van der Waals surface area contributed by atoms with Gasteiger partial charge in [-0.3, -0.25) is 9.59 Å². The van der Waals surface area contributed by atoms with Gasteiger partial charge in [-0.2, -0.15) is 0 Å². The van der Waals surface area contributed by atoms with Gasteiger partial charge in [0, 0.05) is 12.8 Å². The molecule has 0 aromatic rings. The second-order valence-electron chi connectivity index (χ2n) is 30.6. The van der Waals surface area contributed by atoms with Crippen LogP contribution in [0.5, 0.6) is 0 Å². The van der Waals surface area contributed by atoms with Gasteiger partial charge in [-0.1, -0.05) is 463 Å². The number of nitrogens with one attached hydrogen (secondary N) is 1. The molecule has 0 aliphatic carbocycles. The Kier molecular flexibility index (Phi) is 82.8. The summed E-state index contributed by atoms with van der Waals surface area (Å²) >= 11 is 0. The van der Waals surface area contributed by atoms with E-state index in [0.29, 0.717) is 25.9 Å². The monoisotopic (exact) mass is 1320 g/mol. The summed E-state index contributed by atoms with van der Waals surface area (Å²) in [6.45, 7) is 5.03. The van der Waals surface area contributed by atoms with Crippen LogP contribution in [0.4, 0.5) is 0 Å². The average molecular weight is 1330 g/mol. The highest BCUT2D eigenvalue weighted by atomic mass is 16.5. The second-order valence-corrected chi connectivity index (χ2v) is 30.6. The van der Waals surface area contributed by atoms with Gasteiger partial charge >= 0.3 is 5.97 Å². The first-order chi connectivity index (χ1) is 46.5. The Bertz CT molecular complexity index is 1430. The summed E-state index contributed by atoms with van der Waals surface area (Å²) in [6, 6.07) is -0.539. The molecule has 3 N–H and O–H groups in total. The molecule has 6 heteroatoms. The van der Waals surface area contributed by atoms with Gasteiger partial charge in [0.25, 0.3) is 0 Å². The van der Waals surface area contributed by atoms with Crippen molar-refractivity contribution in [2.45, 2.75) is 527 Å². The molecule has 0 bridgehead atoms. The SMILES string of the molecule is CCCCCCCCCCCCCCCCCCCCCCCCC(O)C(CO)NC(=O)CCCCCCCCCCCCCCCCCCC/C=C\CCCCCCCCCCCCCCCCCCOC(=O)CCCCCCCCCCCCCCCCCCCC. The Morgan fingerprint density at radius 3 is 0.755 bits per heavy atom. The van der Waals surface area contributed by atoms with Crippen molar-refractivity contribution < 1.29 is 24.5 Å². The van der Waals surface area contributed by atoms with E-state index in [1.54, 1.807) is 0 Å². The van der Waals surface area contributed by atoms with Crippen molar-refractivity contribution >= 4 is 11.9 Å². The summed E-state index contributed by atoms with van der Waals surface area (Å²) in [7, 11) is 0. The highest BCUT2D eigenvalue weighted by Crippen LogP contribution is 2.21. The summed E-state index contributed by atoms with van der Waals surface area (Å²) in [5.41, 5.74) is 0. The number of ether oxygens (including phenoxy) is 1. The first-order valence-corrected chi connectivity index (χ1v) is 43.9. The third-order valence-electron chi connectivity index (χ3n) is 21.1. The number of esters is 1. The molecule has 94 heavy (non-hydrogen) atoms. The molecule has 0 aliphatic rings. The Morgan fingerprint density at radius 2 is 0.500 bits per heavy atom. The maximum Gasteiger partial charge on any atom is 0.305 e. The molecule has 1 amide bonds. The maximum atomic E-state index is 12.6. The maximum absolute atomic E-state index is 12.6. The first kappa shape index (κ1) is 92.6. The molecule has 0 aromatic carbocycles. The topological polar surface area (TPSA) is 95.9 Å². The lowest BCUT2D eigenvalue weighted by atomic mass is 10.0. The number of aliphatic hydroxyl groups is 2. The van der Waals surface area contributed by atoms with Crippen molar-refractivity contribution in [3.63, 3.8) is 0 Å². The minimum Gasteiger partial charge on any atom is -0.466 e. The standard InChI is InChI=1S/C88H173NO5/c1-3-5-7-9-11-13-15-17-19-21-23-24-42-45-48-52-56-60-64-68-72-76-80-86(91)85(84-90)89-87(92)81-77-73-69-65-61-57-53-49-46-43-40-38-36-34-32-30-28-26-25-27-29-31-33-35-37-39-41-44-47-51-55-59-63-67-71-75-79-83-94-88(93)82-78-74-70-66-62-58-54-50-22-20-18-16-14-12-10-8-6-4-2/h25,27,85-86,90-91H,3-24,26,28-84H2,1-2H3,(H,89,92)/b27-25-. The van der Waals surface area contributed by atoms with Gasteiger partial charge in [-0.05, 0) is 51.4 Å². The van der Waals surface area contributed by atoms with E-state index in [9.17, 15) is 19.8 Å². The number of unbranched alkanes of at least 4 members (excludes halogenated alkanes) is 71. The summed E-state index contributed by atoms with van der Waals surface area (Å²) < 4.78 is 5.52. The summed E-state index contributed by atoms with van der Waals surface area (Å²) in [4.78, 5) is 24.7. The number of hydrogen-bond acceptors (Lipinski definition) is 5. The minimum absolute atomic E-state index is 0.0246. The van der Waals surface area contributed by atoms with Gasteiger partial charge in [-0.25, -0.2) is 0 Å². The van der Waals surface area contributed by atoms with Crippen LogP contribution in [0.2, 0.25) is 0 Å². The fourth-order valence-electron chi connectivity index (χ4n) is 14.4. The Morgan fingerprint density at radius 1 is 0.287 bits per heavy atom. The number of amides is 1. The predicted octanol–water partition coefficient (Wildman–Crippen LogP) is 29.4. The summed E-state index contributed by atoms with van der Waals surface area (Å²) in [5.74, 6) is 0.00277. The van der Waals surface area contributed by atoms with Gasteiger partial charge in [0.15, 0.2) is 0 Å². The molecular formula is C88H173NO5. The molecule has 2 unspecified atom stereocenters. The predicted molar refractivity (Wildman–Crippen MR) is 417 cm³/mol.